The fraction of sp³-hybridized carbons (Fsp3) is 1.00. The lowest BCUT2D eigenvalue weighted by atomic mass is 9.85. The summed E-state index contributed by atoms with van der Waals surface area (Å²) in [6.07, 6.45) is -3.84. The maximum atomic E-state index is 12.0. The highest BCUT2D eigenvalue weighted by Gasteiger charge is 2.37. The van der Waals surface area contributed by atoms with Crippen LogP contribution in [0, 0.1) is 11.3 Å². The molecule has 1 unspecified atom stereocenters. The first-order valence-corrected chi connectivity index (χ1v) is 3.69. The van der Waals surface area contributed by atoms with Gasteiger partial charge >= 0.3 is 6.18 Å². The van der Waals surface area contributed by atoms with Gasteiger partial charge in [0.2, 0.25) is 0 Å². The molecule has 0 radical (unpaired) electrons. The van der Waals surface area contributed by atoms with Crippen molar-refractivity contribution in [2.75, 3.05) is 0 Å². The fourth-order valence-electron chi connectivity index (χ4n) is 1.03. The Morgan fingerprint density at radius 3 is 1.55 bits per heavy atom. The maximum absolute atomic E-state index is 12.0. The van der Waals surface area contributed by atoms with Crippen LogP contribution in [0.3, 0.4) is 0 Å². The Morgan fingerprint density at radius 2 is 1.45 bits per heavy atom. The van der Waals surface area contributed by atoms with E-state index in [1.54, 1.807) is 0 Å². The van der Waals surface area contributed by atoms with E-state index >= 15 is 0 Å². The van der Waals surface area contributed by atoms with E-state index < -0.39 is 12.1 Å². The van der Waals surface area contributed by atoms with Crippen LogP contribution in [0.15, 0.2) is 0 Å². The quantitative estimate of drug-likeness (QED) is 0.561. The summed E-state index contributed by atoms with van der Waals surface area (Å²) >= 11 is 0. The summed E-state index contributed by atoms with van der Waals surface area (Å²) in [5.41, 5.74) is -0.241. The monoisotopic (exact) mass is 168 g/mol. The van der Waals surface area contributed by atoms with Crippen molar-refractivity contribution in [2.45, 2.75) is 40.3 Å². The standard InChI is InChI=1S/C8H15F3/c1-6(8(9,10)11)5-7(2,3)4/h6H,5H2,1-4H3. The first-order valence-electron chi connectivity index (χ1n) is 3.69. The summed E-state index contributed by atoms with van der Waals surface area (Å²) in [5.74, 6) is -1.19. The first kappa shape index (κ1) is 10.8. The molecule has 0 rings (SSSR count). The van der Waals surface area contributed by atoms with Crippen molar-refractivity contribution in [1.82, 2.24) is 0 Å². The molecule has 0 bridgehead atoms. The van der Waals surface area contributed by atoms with E-state index in [0.717, 1.165) is 0 Å². The van der Waals surface area contributed by atoms with Gasteiger partial charge in [-0.3, -0.25) is 0 Å². The molecule has 11 heavy (non-hydrogen) atoms. The highest BCUT2D eigenvalue weighted by atomic mass is 19.4. The minimum absolute atomic E-state index is 0.191. The molecule has 0 saturated heterocycles. The molecule has 0 aromatic heterocycles. The summed E-state index contributed by atoms with van der Waals surface area (Å²) in [4.78, 5) is 0. The summed E-state index contributed by atoms with van der Waals surface area (Å²) in [6, 6.07) is 0. The topological polar surface area (TPSA) is 0 Å². The molecular formula is C8H15F3. The largest absolute Gasteiger partial charge is 0.391 e. The van der Waals surface area contributed by atoms with Gasteiger partial charge in [-0.1, -0.05) is 27.7 Å². The Morgan fingerprint density at radius 1 is 1.09 bits per heavy atom. The Balaban J connectivity index is 3.99. The average molecular weight is 168 g/mol. The van der Waals surface area contributed by atoms with E-state index in [-0.39, 0.29) is 11.8 Å². The zero-order valence-corrected chi connectivity index (χ0v) is 7.42. The normalized spacial score (nSPS) is 16.6. The van der Waals surface area contributed by atoms with Gasteiger partial charge in [-0.25, -0.2) is 0 Å². The summed E-state index contributed by atoms with van der Waals surface area (Å²) in [5, 5.41) is 0. The first-order chi connectivity index (χ1) is 4.63. The third-order valence-electron chi connectivity index (χ3n) is 1.48. The second-order valence-electron chi connectivity index (χ2n) is 4.21. The van der Waals surface area contributed by atoms with Crippen molar-refractivity contribution >= 4 is 0 Å². The minimum Gasteiger partial charge on any atom is -0.171 e. The molecule has 0 nitrogen and oxygen atoms in total. The average Bonchev–Trinajstić information content (AvgIpc) is 1.56. The van der Waals surface area contributed by atoms with Crippen molar-refractivity contribution in [3.05, 3.63) is 0 Å². The SMILES string of the molecule is CC(CC(C)(C)C)C(F)(F)F. The van der Waals surface area contributed by atoms with Crippen molar-refractivity contribution < 1.29 is 13.2 Å². The smallest absolute Gasteiger partial charge is 0.171 e. The summed E-state index contributed by atoms with van der Waals surface area (Å²) in [7, 11) is 0. The van der Waals surface area contributed by atoms with Gasteiger partial charge in [-0.2, -0.15) is 13.2 Å². The molecule has 0 aromatic rings. The minimum atomic E-state index is -4.03. The van der Waals surface area contributed by atoms with Crippen LogP contribution in [0.2, 0.25) is 0 Å². The third-order valence-corrected chi connectivity index (χ3v) is 1.48. The number of alkyl halides is 3. The molecule has 68 valence electrons. The van der Waals surface area contributed by atoms with E-state index in [2.05, 4.69) is 0 Å². The highest BCUT2D eigenvalue weighted by Crippen LogP contribution is 2.34. The van der Waals surface area contributed by atoms with Crippen molar-refractivity contribution in [1.29, 1.82) is 0 Å². The van der Waals surface area contributed by atoms with Gasteiger partial charge < -0.3 is 0 Å². The lowest BCUT2D eigenvalue weighted by Crippen LogP contribution is -2.24. The van der Waals surface area contributed by atoms with Crippen LogP contribution in [0.25, 0.3) is 0 Å². The molecule has 0 amide bonds. The van der Waals surface area contributed by atoms with Gasteiger partial charge in [-0.05, 0) is 11.8 Å². The van der Waals surface area contributed by atoms with Gasteiger partial charge in [0, 0.05) is 0 Å². The van der Waals surface area contributed by atoms with Gasteiger partial charge in [0.15, 0.2) is 0 Å². The van der Waals surface area contributed by atoms with E-state index in [1.165, 1.54) is 6.92 Å². The molecule has 0 spiro atoms. The van der Waals surface area contributed by atoms with Crippen LogP contribution >= 0.6 is 0 Å². The van der Waals surface area contributed by atoms with E-state index in [9.17, 15) is 13.2 Å². The predicted molar refractivity (Wildman–Crippen MR) is 39.3 cm³/mol. The van der Waals surface area contributed by atoms with Gasteiger partial charge in [-0.15, -0.1) is 0 Å². The Bertz CT molecular complexity index is 118. The van der Waals surface area contributed by atoms with Crippen LogP contribution in [-0.4, -0.2) is 6.18 Å². The van der Waals surface area contributed by atoms with Crippen LogP contribution in [0.5, 0.6) is 0 Å². The van der Waals surface area contributed by atoms with Crippen LogP contribution < -0.4 is 0 Å². The zero-order valence-electron chi connectivity index (χ0n) is 7.42. The Labute approximate surface area is 65.8 Å². The molecular weight excluding hydrogens is 153 g/mol. The van der Waals surface area contributed by atoms with E-state index in [0.29, 0.717) is 0 Å². The Hall–Kier alpha value is -0.210. The second kappa shape index (κ2) is 3.03. The molecule has 0 aliphatic carbocycles. The number of rotatable bonds is 1. The molecule has 0 fully saturated rings. The van der Waals surface area contributed by atoms with Crippen molar-refractivity contribution in [2.24, 2.45) is 11.3 Å². The number of hydrogen-bond acceptors (Lipinski definition) is 0. The summed E-state index contributed by atoms with van der Waals surface area (Å²) < 4.78 is 35.9. The molecule has 3 heteroatoms. The molecule has 1 atom stereocenters. The number of hydrogen-bond donors (Lipinski definition) is 0. The highest BCUT2D eigenvalue weighted by molar-refractivity contribution is 4.70. The summed E-state index contributed by atoms with van der Waals surface area (Å²) in [6.45, 7) is 6.67. The van der Waals surface area contributed by atoms with Gasteiger partial charge in [0.25, 0.3) is 0 Å². The van der Waals surface area contributed by atoms with Crippen molar-refractivity contribution in [3.63, 3.8) is 0 Å². The Kier molecular flexibility index (Phi) is 2.98. The van der Waals surface area contributed by atoms with E-state index in [1.807, 2.05) is 20.8 Å². The van der Waals surface area contributed by atoms with Crippen LogP contribution in [-0.2, 0) is 0 Å². The maximum Gasteiger partial charge on any atom is 0.391 e. The molecule has 0 heterocycles. The predicted octanol–water partition coefficient (Wildman–Crippen LogP) is 3.62. The second-order valence-corrected chi connectivity index (χ2v) is 4.21. The molecule has 0 N–H and O–H groups in total. The molecule has 0 aliphatic heterocycles. The van der Waals surface area contributed by atoms with Crippen LogP contribution in [0.4, 0.5) is 13.2 Å². The van der Waals surface area contributed by atoms with Gasteiger partial charge in [0.05, 0.1) is 5.92 Å². The lowest BCUT2D eigenvalue weighted by molar-refractivity contribution is -0.176. The zero-order chi connectivity index (χ0) is 9.28. The van der Waals surface area contributed by atoms with Gasteiger partial charge in [0.1, 0.15) is 0 Å². The molecule has 0 saturated carbocycles. The molecule has 0 aromatic carbocycles. The third kappa shape index (κ3) is 5.10. The molecule has 0 aliphatic rings. The van der Waals surface area contributed by atoms with E-state index in [4.69, 9.17) is 0 Å². The fourth-order valence-corrected chi connectivity index (χ4v) is 1.03. The van der Waals surface area contributed by atoms with Crippen LogP contribution in [0.1, 0.15) is 34.1 Å². The number of halogens is 3. The lowest BCUT2D eigenvalue weighted by Gasteiger charge is -2.24. The van der Waals surface area contributed by atoms with Crippen molar-refractivity contribution in [3.8, 4) is 0 Å².